The van der Waals surface area contributed by atoms with Gasteiger partial charge in [0.15, 0.2) is 0 Å². The molecular weight excluding hydrogens is 543 g/mol. The Morgan fingerprint density at radius 2 is 1.83 bits per heavy atom. The Balaban J connectivity index is 1.76. The van der Waals surface area contributed by atoms with E-state index in [2.05, 4.69) is 42.4 Å². The molecule has 3 aromatic rings. The van der Waals surface area contributed by atoms with Crippen LogP contribution >= 0.6 is 55.1 Å². The smallest absolute Gasteiger partial charge is 0.272 e. The van der Waals surface area contributed by atoms with Gasteiger partial charge in [-0.1, -0.05) is 69.5 Å². The van der Waals surface area contributed by atoms with Crippen molar-refractivity contribution in [3.8, 4) is 5.75 Å². The van der Waals surface area contributed by atoms with E-state index in [-0.39, 0.29) is 10.6 Å². The lowest BCUT2D eigenvalue weighted by Gasteiger charge is -2.12. The number of hydrogen-bond donors (Lipinski definition) is 1. The van der Waals surface area contributed by atoms with Crippen LogP contribution in [0.5, 0.6) is 5.75 Å². The maximum atomic E-state index is 12.3. The van der Waals surface area contributed by atoms with E-state index in [4.69, 9.17) is 27.9 Å². The number of carbonyl (C=O) groups is 1. The molecule has 0 unspecified atom stereocenters. The Kier molecular flexibility index (Phi) is 7.72. The molecule has 0 saturated carbocycles. The second kappa shape index (κ2) is 10.3. The molecule has 0 aliphatic heterocycles. The average Bonchev–Trinajstić information content (AvgIpc) is 2.68. The molecule has 0 spiro atoms. The van der Waals surface area contributed by atoms with Gasteiger partial charge in [-0.2, -0.15) is 5.10 Å². The molecule has 0 fully saturated rings. The van der Waals surface area contributed by atoms with Gasteiger partial charge in [-0.25, -0.2) is 5.43 Å². The zero-order chi connectivity index (χ0) is 20.8. The molecule has 0 aliphatic rings. The van der Waals surface area contributed by atoms with E-state index in [1.165, 1.54) is 12.3 Å². The van der Waals surface area contributed by atoms with Gasteiger partial charge in [-0.15, -0.1) is 0 Å². The molecule has 0 aromatic heterocycles. The van der Waals surface area contributed by atoms with Crippen LogP contribution in [0.2, 0.25) is 10.0 Å². The Bertz CT molecular complexity index is 1060. The van der Waals surface area contributed by atoms with Crippen LogP contribution < -0.4 is 10.2 Å². The van der Waals surface area contributed by atoms with Crippen molar-refractivity contribution in [1.82, 2.24) is 5.43 Å². The molecule has 1 N–H and O–H groups in total. The van der Waals surface area contributed by atoms with E-state index in [0.717, 1.165) is 14.5 Å². The van der Waals surface area contributed by atoms with Crippen molar-refractivity contribution in [2.75, 3.05) is 0 Å². The SMILES string of the molecule is O=C(N/N=C\c1cc(Br)cc(Br)c1OCc1ccccc1)c1ccc(Cl)cc1Cl. The summed E-state index contributed by atoms with van der Waals surface area (Å²) in [7, 11) is 0. The van der Waals surface area contributed by atoms with Gasteiger partial charge in [-0.05, 0) is 51.8 Å². The number of carbonyl (C=O) groups excluding carboxylic acids is 1. The van der Waals surface area contributed by atoms with Gasteiger partial charge in [0.25, 0.3) is 5.91 Å². The van der Waals surface area contributed by atoms with E-state index >= 15 is 0 Å². The predicted molar refractivity (Wildman–Crippen MR) is 124 cm³/mol. The molecule has 1 amide bonds. The maximum Gasteiger partial charge on any atom is 0.272 e. The van der Waals surface area contributed by atoms with E-state index < -0.39 is 5.91 Å². The largest absolute Gasteiger partial charge is 0.487 e. The number of hydrazone groups is 1. The van der Waals surface area contributed by atoms with Gasteiger partial charge in [0, 0.05) is 15.1 Å². The minimum atomic E-state index is -0.441. The highest BCUT2D eigenvalue weighted by atomic mass is 79.9. The van der Waals surface area contributed by atoms with Crippen molar-refractivity contribution >= 4 is 67.2 Å². The number of benzene rings is 3. The minimum absolute atomic E-state index is 0.252. The van der Waals surface area contributed by atoms with Crippen LogP contribution in [0.4, 0.5) is 0 Å². The van der Waals surface area contributed by atoms with Gasteiger partial charge in [0.05, 0.1) is 21.3 Å². The first kappa shape index (κ1) is 21.8. The molecule has 148 valence electrons. The quantitative estimate of drug-likeness (QED) is 0.266. The highest BCUT2D eigenvalue weighted by Crippen LogP contribution is 2.32. The zero-order valence-electron chi connectivity index (χ0n) is 14.8. The molecule has 8 heteroatoms. The number of nitrogens with zero attached hydrogens (tertiary/aromatic N) is 1. The van der Waals surface area contributed by atoms with Crippen LogP contribution in [0, 0.1) is 0 Å². The third-order valence-electron chi connectivity index (χ3n) is 3.81. The van der Waals surface area contributed by atoms with E-state index in [9.17, 15) is 4.79 Å². The molecule has 4 nitrogen and oxygen atoms in total. The number of amides is 1. The van der Waals surface area contributed by atoms with Gasteiger partial charge < -0.3 is 4.74 Å². The zero-order valence-corrected chi connectivity index (χ0v) is 19.5. The van der Waals surface area contributed by atoms with Crippen molar-refractivity contribution in [2.45, 2.75) is 6.61 Å². The normalized spacial score (nSPS) is 10.9. The Morgan fingerprint density at radius 3 is 2.55 bits per heavy atom. The summed E-state index contributed by atoms with van der Waals surface area (Å²) in [5.74, 6) is 0.170. The molecule has 3 aromatic carbocycles. The fourth-order valence-electron chi connectivity index (χ4n) is 2.45. The van der Waals surface area contributed by atoms with Gasteiger partial charge >= 0.3 is 0 Å². The molecule has 0 saturated heterocycles. The average molecular weight is 557 g/mol. The Labute approximate surface area is 195 Å². The highest BCUT2D eigenvalue weighted by Gasteiger charge is 2.12. The Morgan fingerprint density at radius 1 is 1.07 bits per heavy atom. The fourth-order valence-corrected chi connectivity index (χ4v) is 4.32. The number of hydrogen-bond acceptors (Lipinski definition) is 3. The molecule has 0 radical (unpaired) electrons. The molecule has 0 aliphatic carbocycles. The fraction of sp³-hybridized carbons (Fsp3) is 0.0476. The van der Waals surface area contributed by atoms with Crippen LogP contribution in [0.25, 0.3) is 0 Å². The first-order valence-corrected chi connectivity index (χ1v) is 10.7. The lowest BCUT2D eigenvalue weighted by Crippen LogP contribution is -2.18. The summed E-state index contributed by atoms with van der Waals surface area (Å²) >= 11 is 18.9. The second-order valence-corrected chi connectivity index (χ2v) is 8.52. The molecule has 0 atom stereocenters. The summed E-state index contributed by atoms with van der Waals surface area (Å²) in [4.78, 5) is 12.3. The van der Waals surface area contributed by atoms with Crippen molar-refractivity contribution in [1.29, 1.82) is 0 Å². The molecule has 0 heterocycles. The van der Waals surface area contributed by atoms with Crippen molar-refractivity contribution < 1.29 is 9.53 Å². The van der Waals surface area contributed by atoms with Crippen molar-refractivity contribution in [3.05, 3.63) is 96.3 Å². The lowest BCUT2D eigenvalue weighted by atomic mass is 10.2. The number of halogens is 4. The van der Waals surface area contributed by atoms with Crippen LogP contribution in [0.1, 0.15) is 21.5 Å². The standard InChI is InChI=1S/C21H14Br2Cl2N2O2/c22-15-8-14(11-26-27-21(28)17-7-6-16(24)10-19(17)25)20(18(23)9-15)29-12-13-4-2-1-3-5-13/h1-11H,12H2,(H,27,28)/b26-11-. The van der Waals surface area contributed by atoms with Crippen LogP contribution in [-0.4, -0.2) is 12.1 Å². The van der Waals surface area contributed by atoms with Gasteiger partial charge in [0.1, 0.15) is 12.4 Å². The van der Waals surface area contributed by atoms with E-state index in [1.807, 2.05) is 42.5 Å². The highest BCUT2D eigenvalue weighted by molar-refractivity contribution is 9.11. The maximum absolute atomic E-state index is 12.3. The first-order chi connectivity index (χ1) is 13.9. The number of ether oxygens (including phenoxy) is 1. The summed E-state index contributed by atoms with van der Waals surface area (Å²) in [5, 5.41) is 4.75. The van der Waals surface area contributed by atoms with Gasteiger partial charge in [0.2, 0.25) is 0 Å². The number of rotatable bonds is 6. The molecule has 0 bridgehead atoms. The monoisotopic (exact) mass is 554 g/mol. The summed E-state index contributed by atoms with van der Waals surface area (Å²) in [6, 6.07) is 18.2. The van der Waals surface area contributed by atoms with Crippen LogP contribution in [0.3, 0.4) is 0 Å². The Hall–Kier alpha value is -1.86. The molecular formula is C21H14Br2Cl2N2O2. The summed E-state index contributed by atoms with van der Waals surface area (Å²) in [5.41, 5.74) is 4.47. The summed E-state index contributed by atoms with van der Waals surface area (Å²) < 4.78 is 7.57. The molecule has 29 heavy (non-hydrogen) atoms. The van der Waals surface area contributed by atoms with Gasteiger partial charge in [-0.3, -0.25) is 4.79 Å². The minimum Gasteiger partial charge on any atom is -0.487 e. The topological polar surface area (TPSA) is 50.7 Å². The van der Waals surface area contributed by atoms with Crippen LogP contribution in [-0.2, 0) is 6.61 Å². The van der Waals surface area contributed by atoms with Crippen LogP contribution in [0.15, 0.2) is 74.7 Å². The summed E-state index contributed by atoms with van der Waals surface area (Å²) in [6.45, 7) is 0.397. The third-order valence-corrected chi connectivity index (χ3v) is 5.40. The van der Waals surface area contributed by atoms with Crippen molar-refractivity contribution in [2.24, 2.45) is 5.10 Å². The van der Waals surface area contributed by atoms with E-state index in [0.29, 0.717) is 22.9 Å². The van der Waals surface area contributed by atoms with Crippen molar-refractivity contribution in [3.63, 3.8) is 0 Å². The lowest BCUT2D eigenvalue weighted by molar-refractivity contribution is 0.0955. The third kappa shape index (κ3) is 6.06. The summed E-state index contributed by atoms with van der Waals surface area (Å²) in [6.07, 6.45) is 1.51. The predicted octanol–water partition coefficient (Wildman–Crippen LogP) is 6.86. The van der Waals surface area contributed by atoms with E-state index in [1.54, 1.807) is 12.1 Å². The first-order valence-electron chi connectivity index (χ1n) is 8.38. The molecule has 3 rings (SSSR count). The number of nitrogens with one attached hydrogen (secondary N) is 1. The second-order valence-electron chi connectivity index (χ2n) is 5.90.